The number of carbonyl (C=O) groups excluding carboxylic acids is 3. The molecule has 53 nitrogen and oxygen atoms in total. The zero-order chi connectivity index (χ0) is 102. The fourth-order valence-electron chi connectivity index (χ4n) is 18.3. The van der Waals surface area contributed by atoms with Gasteiger partial charge in [-0.3, -0.25) is 65.8 Å². The van der Waals surface area contributed by atoms with Crippen LogP contribution in [0.1, 0.15) is 120 Å². The van der Waals surface area contributed by atoms with E-state index in [0.717, 1.165) is 10.9 Å². The summed E-state index contributed by atoms with van der Waals surface area (Å²) in [5.74, 6) is -4.69. The number of hydrogen-bond donors (Lipinski definition) is 11. The maximum absolute atomic E-state index is 16.5. The Bertz CT molecular complexity index is 7110. The molecule has 776 valence electrons. The summed E-state index contributed by atoms with van der Waals surface area (Å²) in [6.45, 7) is -13.6. The molecule has 11 aromatic rings. The first kappa shape index (κ1) is 105. The topological polar surface area (TPSA) is 661 Å². The van der Waals surface area contributed by atoms with E-state index in [1.807, 2.05) is 20.8 Å². The number of rotatable bonds is 9. The summed E-state index contributed by atoms with van der Waals surface area (Å²) in [5, 5.41) is 5.06. The van der Waals surface area contributed by atoms with E-state index >= 15 is 17.6 Å². The van der Waals surface area contributed by atoms with Crippen molar-refractivity contribution in [2.24, 2.45) is 40.5 Å². The number of thiol groups is 1. The molecule has 21 rings (SSSR count). The fraction of sp³-hybridized carbons (Fsp3) is 0.573. The molecule has 0 radical (unpaired) electrons. The number of nitrogens with two attached hydrogens (primary N) is 2. The van der Waals surface area contributed by atoms with Crippen LogP contribution in [0.4, 0.5) is 41.0 Å². The van der Waals surface area contributed by atoms with Crippen LogP contribution < -0.4 is 27.7 Å². The molecule has 10 aliphatic rings. The van der Waals surface area contributed by atoms with Gasteiger partial charge in [-0.15, -0.1) is 0 Å². The van der Waals surface area contributed by atoms with Crippen LogP contribution in [0.2, 0.25) is 0 Å². The molecule has 12 N–H and O–H groups in total. The number of ketones is 1. The number of aromatic amines is 1. The van der Waals surface area contributed by atoms with Crippen LogP contribution in [-0.4, -0.2) is 280 Å². The average molecular weight is 2240 g/mol. The summed E-state index contributed by atoms with van der Waals surface area (Å²) >= 11 is 30.7. The van der Waals surface area contributed by atoms with Gasteiger partial charge in [0.2, 0.25) is 17.8 Å². The van der Waals surface area contributed by atoms with Crippen LogP contribution in [0.15, 0.2) is 73.1 Å². The van der Waals surface area contributed by atoms with E-state index in [4.69, 9.17) is 144 Å². The number of alkyl halides is 4. The molecule has 19 heterocycles. The van der Waals surface area contributed by atoms with Gasteiger partial charge in [0.05, 0.1) is 114 Å². The maximum Gasteiger partial charge on any atom is 0.386 e. The number of amidine groups is 1. The molecule has 7 saturated heterocycles. The molecule has 11 aromatic heterocycles. The van der Waals surface area contributed by atoms with Crippen molar-refractivity contribution < 1.29 is 134 Å². The quantitative estimate of drug-likeness (QED) is 0.0392. The van der Waals surface area contributed by atoms with E-state index in [0.29, 0.717) is 44.9 Å². The van der Waals surface area contributed by atoms with Crippen molar-refractivity contribution in [3.8, 4) is 0 Å². The number of aryl methyl sites for hydroxylation is 2. The highest BCUT2D eigenvalue weighted by atomic mass is 32.7. The normalized spacial score (nSPS) is 36.5. The van der Waals surface area contributed by atoms with Gasteiger partial charge in [-0.05, 0) is 85.7 Å². The molecule has 144 heavy (non-hydrogen) atoms. The summed E-state index contributed by atoms with van der Waals surface area (Å²) in [6.07, 6.45) is -11.1. The van der Waals surface area contributed by atoms with Crippen molar-refractivity contribution in [3.05, 3.63) is 90.7 Å². The molecule has 8 aliphatic heterocycles. The van der Waals surface area contributed by atoms with Gasteiger partial charge in [0.15, 0.2) is 93.7 Å². The number of nitrogen functional groups attached to an aromatic ring is 2. The number of imidazole rings is 6. The number of Topliss-reactive ketones (excluding diaryl/α,β-unsaturated/α-hetero) is 1. The van der Waals surface area contributed by atoms with Crippen molar-refractivity contribution >= 4 is 214 Å². The molecule has 30 atom stereocenters. The molecular weight excluding hydrogens is 2150 g/mol. The molecule has 2 aliphatic carbocycles. The van der Waals surface area contributed by atoms with Gasteiger partial charge < -0.3 is 106 Å². The molecule has 2 amide bonds. The minimum atomic E-state index is -4.48. The summed E-state index contributed by atoms with van der Waals surface area (Å²) in [4.78, 5) is 175. The first-order valence-corrected chi connectivity index (χ1v) is 59.8. The Balaban J connectivity index is 0.000000138. The Morgan fingerprint density at radius 1 is 0.451 bits per heavy atom. The first-order valence-electron chi connectivity index (χ1n) is 44.2. The Hall–Kier alpha value is -7.65. The van der Waals surface area contributed by atoms with Crippen molar-refractivity contribution in [2.45, 2.75) is 197 Å². The predicted molar refractivity (Wildman–Crippen MR) is 514 cm³/mol. The molecule has 2 saturated carbocycles. The molecule has 7 unspecified atom stereocenters. The second-order valence-electron chi connectivity index (χ2n) is 35.6. The lowest BCUT2D eigenvalue weighted by molar-refractivity contribution is -0.122. The van der Waals surface area contributed by atoms with Crippen LogP contribution >= 0.6 is 52.6 Å². The summed E-state index contributed by atoms with van der Waals surface area (Å²) < 4.78 is 181. The van der Waals surface area contributed by atoms with E-state index in [9.17, 15) is 48.2 Å². The van der Waals surface area contributed by atoms with E-state index in [1.54, 1.807) is 50.1 Å². The number of halogens is 4. The van der Waals surface area contributed by atoms with Gasteiger partial charge in [0, 0.05) is 35.5 Å². The summed E-state index contributed by atoms with van der Waals surface area (Å²) in [7, 11) is 0. The third-order valence-corrected chi connectivity index (χ3v) is 35.0. The van der Waals surface area contributed by atoms with E-state index in [-0.39, 0.29) is 102 Å². The number of nitrogens with zero attached hydrogens (tertiary/aromatic N) is 22. The number of nitrogens with one attached hydrogen (secondary N) is 3. The van der Waals surface area contributed by atoms with E-state index < -0.39 is 236 Å². The number of amides is 2. The second-order valence-corrected chi connectivity index (χ2v) is 52.5. The maximum atomic E-state index is 16.5. The largest absolute Gasteiger partial charge is 0.386 e. The van der Waals surface area contributed by atoms with Crippen molar-refractivity contribution in [2.75, 3.05) is 56.4 Å². The minimum Gasteiger partial charge on any atom is -0.382 e. The standard InChI is InChI=1S/C30H37F2N9O11P2S2.C23H28FN9O7P2S2.C22H26FN9O8P2S2/c1-11(2)26(43)36-17-6-15(42)20-24(35-17)40(9-33-20)14-5-13-7-48-53(46,55)52-23-16(8-49-54(47,56)51-22(13)18(14)31)50-29(19(23)32)41-10-34-21-25(41)37-30(39-28(21)45)38-27(44)12(3)4;1-10-14-5-37-42(35,44)40-19-12(3-13(15(19)24)32-8-31-17-20(25)27-7-29-22(17)32)4-36-41(34,43)39-18(10)23(38-14)33-9-30-16-11(2)26-6-28-21(16)33;1-9-16-11(37-21(9)31-7-29-14-10(2)25-5-27-19(14)31)3-35-42(34,44)40-17-12(4-36-41(33,43)39-16)38-22(13(17)23)32-8-30-15-18(24)26-6-28-20(15)32/h9-14,16,18-19,22-23,29H,5-8H2,1-4H3,(H,46,55)(H,47,56)(H,35,36,43)(H2,37,38,39,44,45);6-10,12-15,18-19,23H,3-5H2,1-2H3,(H,34,43)(H,35,44)(H2,25,27,29);5-9,11-13,16-17,21-22H,3-4H2,1-2H3,(H,33,43)(H,34,44)(H2,24,26,28)/t13-,14-,16-,18+,19-,22-,23-,29-,53?,54?;10-,12-,13-,14-,15+,18-,19-,23-,41?,42?;9-,11-,12-,13-,16+,17?,21-,22-,41?,42?/m111/s1. The Labute approximate surface area is 840 Å². The third-order valence-electron chi connectivity index (χ3n) is 25.6. The predicted octanol–water partition coefficient (Wildman–Crippen LogP) is 7.02. The lowest BCUT2D eigenvalue weighted by Crippen LogP contribution is -2.36. The molecule has 0 spiro atoms. The highest BCUT2D eigenvalue weighted by Crippen LogP contribution is 2.63. The zero-order valence-corrected chi connectivity index (χ0v) is 86.5. The summed E-state index contributed by atoms with van der Waals surface area (Å²) in [5.41, 5.74) is 15.2. The molecule has 0 aromatic carbocycles. The third kappa shape index (κ3) is 21.1. The number of anilines is 3. The van der Waals surface area contributed by atoms with Gasteiger partial charge in [-0.1, -0.05) is 53.8 Å². The minimum absolute atomic E-state index is 0.0115. The second kappa shape index (κ2) is 40.9. The number of aliphatic imine (C=N–C) groups is 1. The van der Waals surface area contributed by atoms with Crippen LogP contribution in [0.3, 0.4) is 0 Å². The SMILES string of the molecule is CC(C)C(=O)NC1=Nc2c(ncn2[C@@H]2C[C@@H]3COP(O)(=S)O[C@H]4[C@@H](F)[C@H](n5cnc6c(=O)[nH]c(NC(=O)C(C)C)nc65)O[C@@H]4COP(=O)(S)O[C@H]3[C@H]2F)C(=O)C1.Cc1ncnc2c1ncn2[C@@H]1O[C@@H]2COP(O)(=S)OC3[C@@H](F)[C@H](n4cnc5c(N)ncnc54)O[C@@H]3COP(O)(=S)O[C@H]2[C@H]1C.Cc1ncnc2c1ncn2[C@@H]1O[C@@H]2COP(O)(=S)O[C@@H]3[C@@H](COP(O)(=S)O[C@@H]1[C@@H]2C)C[C@@H](n1cnc2c(N)ncnc21)[C@@H]3F. The van der Waals surface area contributed by atoms with Gasteiger partial charge in [0.25, 0.3) is 5.56 Å². The van der Waals surface area contributed by atoms with Gasteiger partial charge in [0.1, 0.15) is 127 Å². The van der Waals surface area contributed by atoms with Crippen molar-refractivity contribution in [1.82, 2.24) is 112 Å². The Morgan fingerprint density at radius 2 is 0.840 bits per heavy atom. The number of fused-ring (bicyclic) bond motifs is 13. The highest BCUT2D eigenvalue weighted by Gasteiger charge is 2.58. The Morgan fingerprint density at radius 3 is 1.38 bits per heavy atom. The van der Waals surface area contributed by atoms with Crippen LogP contribution in [0, 0.1) is 49.4 Å². The van der Waals surface area contributed by atoms with Crippen molar-refractivity contribution in [1.29, 1.82) is 0 Å². The monoisotopic (exact) mass is 2240 g/mol. The number of aromatic nitrogens is 22. The van der Waals surface area contributed by atoms with Crippen LogP contribution in [-0.2, 0) is 146 Å². The highest BCUT2D eigenvalue weighted by molar-refractivity contribution is 8.44. The zero-order valence-electron chi connectivity index (χ0n) is 76.1. The van der Waals surface area contributed by atoms with E-state index in [1.165, 1.54) is 64.3 Å². The van der Waals surface area contributed by atoms with E-state index in [2.05, 4.69) is 108 Å². The van der Waals surface area contributed by atoms with Crippen molar-refractivity contribution in [3.63, 3.8) is 0 Å². The summed E-state index contributed by atoms with van der Waals surface area (Å²) in [6, 6.07) is -1.99. The number of hydrogen-bond acceptors (Lipinski definition) is 44. The molecule has 69 heteroatoms. The average Bonchev–Trinajstić information content (AvgIpc) is 1.62. The number of carbonyl (C=O) groups is 3. The number of ether oxygens (including phenoxy) is 4. The van der Waals surface area contributed by atoms with Crippen LogP contribution in [0.25, 0.3) is 55.8 Å². The first-order chi connectivity index (χ1) is 68.2. The molecule has 2 bridgehead atoms. The lowest BCUT2D eigenvalue weighted by atomic mass is 10.0. The van der Waals surface area contributed by atoms with Gasteiger partial charge in [-0.2, -0.15) is 4.98 Å². The fourth-order valence-corrected chi connectivity index (χ4v) is 27.2. The number of H-pyrrole nitrogens is 1. The smallest absolute Gasteiger partial charge is 0.382 e. The van der Waals surface area contributed by atoms with Gasteiger partial charge >= 0.3 is 40.4 Å². The Kier molecular flexibility index (Phi) is 29.8. The lowest BCUT2D eigenvalue weighted by Gasteiger charge is -2.30. The molecule has 9 fully saturated rings. The molecular formula is C75H91F4N27O26P6S6. The van der Waals surface area contributed by atoms with Crippen LogP contribution in [0.5, 0.6) is 0 Å². The van der Waals surface area contributed by atoms with Gasteiger partial charge in [-0.25, -0.2) is 96.9 Å².